The Labute approximate surface area is 142 Å². The van der Waals surface area contributed by atoms with Crippen LogP contribution in [-0.2, 0) is 6.42 Å². The fourth-order valence-corrected chi connectivity index (χ4v) is 4.05. The zero-order chi connectivity index (χ0) is 15.0. The van der Waals surface area contributed by atoms with Gasteiger partial charge in [-0.05, 0) is 55.0 Å². The molecule has 1 nitrogen and oxygen atoms in total. The first kappa shape index (κ1) is 15.0. The summed E-state index contributed by atoms with van der Waals surface area (Å²) in [6.07, 6.45) is 3.10. The monoisotopic (exact) mass is 406 g/mol. The smallest absolute Gasteiger partial charge is 0.171 e. The summed E-state index contributed by atoms with van der Waals surface area (Å²) in [5.41, 5.74) is 4.43. The maximum absolute atomic E-state index is 13.0. The highest BCUT2D eigenvalue weighted by atomic mass is 79.9. The van der Waals surface area contributed by atoms with Crippen molar-refractivity contribution in [2.24, 2.45) is 0 Å². The van der Waals surface area contributed by atoms with Gasteiger partial charge >= 0.3 is 0 Å². The molecular formula is C18H16Br2O. The molecule has 0 amide bonds. The molecule has 0 aromatic heterocycles. The molecule has 3 rings (SSSR count). The van der Waals surface area contributed by atoms with Crippen LogP contribution in [-0.4, -0.2) is 5.78 Å². The molecule has 1 atom stereocenters. The van der Waals surface area contributed by atoms with Crippen molar-refractivity contribution in [3.05, 3.63) is 67.6 Å². The molecule has 0 spiro atoms. The van der Waals surface area contributed by atoms with E-state index in [4.69, 9.17) is 0 Å². The van der Waals surface area contributed by atoms with E-state index in [1.807, 2.05) is 25.1 Å². The molecule has 3 heteroatoms. The number of halogens is 2. The molecule has 0 fully saturated rings. The first-order valence-electron chi connectivity index (χ1n) is 7.15. The Kier molecular flexibility index (Phi) is 4.32. The highest BCUT2D eigenvalue weighted by Crippen LogP contribution is 2.36. The maximum atomic E-state index is 13.0. The third kappa shape index (κ3) is 2.86. The quantitative estimate of drug-likeness (QED) is 0.573. The average molecular weight is 408 g/mol. The number of Topliss-reactive ketones (excluding diaryl/α,β-unsaturated/α-hetero) is 1. The second kappa shape index (κ2) is 6.05. The highest BCUT2D eigenvalue weighted by Gasteiger charge is 2.28. The van der Waals surface area contributed by atoms with Crippen molar-refractivity contribution < 1.29 is 4.79 Å². The molecule has 0 N–H and O–H groups in total. The summed E-state index contributed by atoms with van der Waals surface area (Å²) in [5.74, 6) is 0.204. The van der Waals surface area contributed by atoms with Crippen LogP contribution in [0.5, 0.6) is 0 Å². The van der Waals surface area contributed by atoms with E-state index in [9.17, 15) is 4.79 Å². The van der Waals surface area contributed by atoms with Gasteiger partial charge in [0.15, 0.2) is 5.78 Å². The summed E-state index contributed by atoms with van der Waals surface area (Å²) < 4.78 is 1.87. The lowest BCUT2D eigenvalue weighted by Gasteiger charge is -2.25. The van der Waals surface area contributed by atoms with E-state index in [0.29, 0.717) is 0 Å². The number of hydrogen-bond acceptors (Lipinski definition) is 1. The Morgan fingerprint density at radius 1 is 1.14 bits per heavy atom. The van der Waals surface area contributed by atoms with E-state index >= 15 is 0 Å². The van der Waals surface area contributed by atoms with Crippen molar-refractivity contribution in [1.29, 1.82) is 0 Å². The zero-order valence-corrected chi connectivity index (χ0v) is 15.0. The Balaban J connectivity index is 2.03. The van der Waals surface area contributed by atoms with Crippen LogP contribution in [0, 0.1) is 6.92 Å². The zero-order valence-electron chi connectivity index (χ0n) is 11.8. The van der Waals surface area contributed by atoms with Gasteiger partial charge in [-0.25, -0.2) is 0 Å². The summed E-state index contributed by atoms with van der Waals surface area (Å²) in [6, 6.07) is 12.3. The Morgan fingerprint density at radius 2 is 1.90 bits per heavy atom. The molecule has 0 bridgehead atoms. The van der Waals surface area contributed by atoms with E-state index in [1.165, 1.54) is 11.1 Å². The van der Waals surface area contributed by atoms with Crippen molar-refractivity contribution >= 4 is 37.6 Å². The number of benzene rings is 2. The number of ketones is 1. The third-order valence-corrected chi connectivity index (χ3v) is 5.71. The fourth-order valence-electron chi connectivity index (χ4n) is 3.05. The van der Waals surface area contributed by atoms with Crippen molar-refractivity contribution in [3.63, 3.8) is 0 Å². The minimum atomic E-state index is -0.0131. The van der Waals surface area contributed by atoms with E-state index < -0.39 is 0 Å². The van der Waals surface area contributed by atoms with Gasteiger partial charge in [-0.15, -0.1) is 0 Å². The van der Waals surface area contributed by atoms with Crippen LogP contribution in [0.1, 0.15) is 45.8 Å². The van der Waals surface area contributed by atoms with Crippen molar-refractivity contribution in [3.8, 4) is 0 Å². The molecule has 2 aromatic carbocycles. The van der Waals surface area contributed by atoms with Crippen LogP contribution in [0.3, 0.4) is 0 Å². The van der Waals surface area contributed by atoms with Crippen molar-refractivity contribution in [2.45, 2.75) is 32.1 Å². The van der Waals surface area contributed by atoms with Crippen molar-refractivity contribution in [2.75, 3.05) is 0 Å². The lowest BCUT2D eigenvalue weighted by atomic mass is 9.79. The van der Waals surface area contributed by atoms with Gasteiger partial charge < -0.3 is 0 Å². The van der Waals surface area contributed by atoms with Crippen LogP contribution < -0.4 is 0 Å². The van der Waals surface area contributed by atoms with Gasteiger partial charge in [0.25, 0.3) is 0 Å². The largest absolute Gasteiger partial charge is 0.293 e. The van der Waals surface area contributed by atoms with Gasteiger partial charge in [-0.1, -0.05) is 56.1 Å². The molecule has 1 unspecified atom stereocenters. The standard InChI is InChI=1S/C18H16Br2O/c1-11-9-17(20)15(10-16(11)19)18(21)14-8-4-6-12-5-2-3-7-13(12)14/h2-3,5,7,9-10,14H,4,6,8H2,1H3. The summed E-state index contributed by atoms with van der Waals surface area (Å²) in [6.45, 7) is 2.03. The second-order valence-corrected chi connectivity index (χ2v) is 7.30. The Hall–Kier alpha value is -0.930. The number of carbonyl (C=O) groups is 1. The number of fused-ring (bicyclic) bond motifs is 1. The molecule has 1 aliphatic carbocycles. The summed E-state index contributed by atoms with van der Waals surface area (Å²) in [7, 11) is 0. The number of carbonyl (C=O) groups excluding carboxylic acids is 1. The van der Waals surface area contributed by atoms with Crippen LogP contribution in [0.4, 0.5) is 0 Å². The minimum absolute atomic E-state index is 0.0131. The average Bonchev–Trinajstić information content (AvgIpc) is 2.49. The molecule has 0 radical (unpaired) electrons. The van der Waals surface area contributed by atoms with Gasteiger partial charge in [0, 0.05) is 20.4 Å². The third-order valence-electron chi connectivity index (χ3n) is 4.20. The van der Waals surface area contributed by atoms with Gasteiger partial charge in [-0.3, -0.25) is 4.79 Å². The van der Waals surface area contributed by atoms with E-state index in [2.05, 4.69) is 50.1 Å². The lowest BCUT2D eigenvalue weighted by molar-refractivity contribution is 0.0950. The van der Waals surface area contributed by atoms with Crippen LogP contribution in [0.15, 0.2) is 45.3 Å². The summed E-state index contributed by atoms with van der Waals surface area (Å²) >= 11 is 7.08. The topological polar surface area (TPSA) is 17.1 Å². The van der Waals surface area contributed by atoms with Crippen LogP contribution in [0.25, 0.3) is 0 Å². The van der Waals surface area contributed by atoms with Gasteiger partial charge in [0.2, 0.25) is 0 Å². The first-order valence-corrected chi connectivity index (χ1v) is 8.74. The number of hydrogen-bond donors (Lipinski definition) is 0. The summed E-state index contributed by atoms with van der Waals surface area (Å²) in [5, 5.41) is 0. The predicted octanol–water partition coefficient (Wildman–Crippen LogP) is 5.82. The van der Waals surface area contributed by atoms with E-state index in [1.54, 1.807) is 0 Å². The Morgan fingerprint density at radius 3 is 2.71 bits per heavy atom. The molecule has 0 heterocycles. The molecule has 21 heavy (non-hydrogen) atoms. The SMILES string of the molecule is Cc1cc(Br)c(C(=O)C2CCCc3ccccc32)cc1Br. The maximum Gasteiger partial charge on any atom is 0.171 e. The van der Waals surface area contributed by atoms with Gasteiger partial charge in [-0.2, -0.15) is 0 Å². The molecule has 0 saturated carbocycles. The number of aryl methyl sites for hydroxylation is 2. The number of rotatable bonds is 2. The van der Waals surface area contributed by atoms with Gasteiger partial charge in [0.1, 0.15) is 0 Å². The predicted molar refractivity (Wildman–Crippen MR) is 93.0 cm³/mol. The Bertz CT molecular complexity index is 706. The van der Waals surface area contributed by atoms with E-state index in [-0.39, 0.29) is 11.7 Å². The van der Waals surface area contributed by atoms with Crippen LogP contribution in [0.2, 0.25) is 0 Å². The molecule has 1 aliphatic rings. The minimum Gasteiger partial charge on any atom is -0.293 e. The fraction of sp³-hybridized carbons (Fsp3) is 0.278. The van der Waals surface area contributed by atoms with Crippen LogP contribution >= 0.6 is 31.9 Å². The molecule has 108 valence electrons. The lowest BCUT2D eigenvalue weighted by Crippen LogP contribution is -2.19. The van der Waals surface area contributed by atoms with Crippen molar-refractivity contribution in [1.82, 2.24) is 0 Å². The van der Waals surface area contributed by atoms with Gasteiger partial charge in [0.05, 0.1) is 0 Å². The molecule has 2 aromatic rings. The normalized spacial score (nSPS) is 17.4. The molecule has 0 saturated heterocycles. The highest BCUT2D eigenvalue weighted by molar-refractivity contribution is 9.11. The first-order chi connectivity index (χ1) is 10.1. The summed E-state index contributed by atoms with van der Waals surface area (Å²) in [4.78, 5) is 13.0. The molecule has 0 aliphatic heterocycles. The van der Waals surface area contributed by atoms with E-state index in [0.717, 1.165) is 39.3 Å². The molecular weight excluding hydrogens is 392 g/mol. The second-order valence-electron chi connectivity index (χ2n) is 5.59.